The SMILES string of the molecule is Cc1ccc(NC(=O)CN2C(=O)S/C(=C/c3ccc(-c4ccc(Cl)cc4)o3)C2=O)cc1C. The van der Waals surface area contributed by atoms with E-state index < -0.39 is 17.1 Å². The van der Waals surface area contributed by atoms with Gasteiger partial charge in [0.1, 0.15) is 18.1 Å². The molecule has 3 amide bonds. The van der Waals surface area contributed by atoms with Crippen molar-refractivity contribution in [3.63, 3.8) is 0 Å². The molecule has 8 heteroatoms. The summed E-state index contributed by atoms with van der Waals surface area (Å²) in [6.45, 7) is 3.56. The fourth-order valence-electron chi connectivity index (χ4n) is 3.13. The Hall–Kier alpha value is -3.29. The van der Waals surface area contributed by atoms with Crippen LogP contribution in [0.4, 0.5) is 10.5 Å². The Morgan fingerprint density at radius 2 is 1.81 bits per heavy atom. The molecule has 162 valence electrons. The van der Waals surface area contributed by atoms with Crippen LogP contribution in [0.5, 0.6) is 0 Å². The van der Waals surface area contributed by atoms with Gasteiger partial charge in [-0.15, -0.1) is 0 Å². The Balaban J connectivity index is 1.44. The van der Waals surface area contributed by atoms with Gasteiger partial charge < -0.3 is 9.73 Å². The van der Waals surface area contributed by atoms with Crippen molar-refractivity contribution in [3.8, 4) is 11.3 Å². The highest BCUT2D eigenvalue weighted by atomic mass is 35.5. The van der Waals surface area contributed by atoms with E-state index >= 15 is 0 Å². The smallest absolute Gasteiger partial charge is 0.294 e. The first kappa shape index (κ1) is 21.9. The summed E-state index contributed by atoms with van der Waals surface area (Å²) in [5.41, 5.74) is 3.60. The van der Waals surface area contributed by atoms with Gasteiger partial charge in [-0.1, -0.05) is 17.7 Å². The molecular weight excluding hydrogens is 448 g/mol. The fraction of sp³-hybridized carbons (Fsp3) is 0.125. The molecule has 32 heavy (non-hydrogen) atoms. The van der Waals surface area contributed by atoms with Crippen molar-refractivity contribution in [2.24, 2.45) is 0 Å². The predicted molar refractivity (Wildman–Crippen MR) is 126 cm³/mol. The van der Waals surface area contributed by atoms with Crippen LogP contribution in [0.2, 0.25) is 5.02 Å². The first-order valence-corrected chi connectivity index (χ1v) is 11.0. The molecule has 0 unspecified atom stereocenters. The Labute approximate surface area is 194 Å². The topological polar surface area (TPSA) is 79.6 Å². The van der Waals surface area contributed by atoms with Crippen molar-refractivity contribution in [3.05, 3.63) is 81.4 Å². The van der Waals surface area contributed by atoms with Crippen molar-refractivity contribution < 1.29 is 18.8 Å². The molecule has 0 spiro atoms. The van der Waals surface area contributed by atoms with Crippen LogP contribution < -0.4 is 5.32 Å². The third kappa shape index (κ3) is 4.79. The Kier molecular flexibility index (Phi) is 6.21. The Bertz CT molecular complexity index is 1250. The normalized spacial score (nSPS) is 15.0. The molecule has 2 aromatic carbocycles. The lowest BCUT2D eigenvalue weighted by atomic mass is 10.1. The van der Waals surface area contributed by atoms with Crippen molar-refractivity contribution in [2.45, 2.75) is 13.8 Å². The molecule has 1 fully saturated rings. The Morgan fingerprint density at radius 3 is 2.53 bits per heavy atom. The standard InChI is InChI=1S/C24H19ClN2O4S/c1-14-3-8-18(11-15(14)2)26-22(28)13-27-23(29)21(32-24(27)30)12-19-9-10-20(31-19)16-4-6-17(25)7-5-16/h3-12H,13H2,1-2H3,(H,26,28)/b21-12+. The number of anilines is 1. The number of hydrogen-bond donors (Lipinski definition) is 1. The summed E-state index contributed by atoms with van der Waals surface area (Å²) in [6, 6.07) is 16.2. The van der Waals surface area contributed by atoms with Crippen LogP contribution in [0.15, 0.2) is 63.9 Å². The summed E-state index contributed by atoms with van der Waals surface area (Å²) in [5.74, 6) is 0.0689. The number of carbonyl (C=O) groups is 3. The highest BCUT2D eigenvalue weighted by Gasteiger charge is 2.36. The number of benzene rings is 2. The average molecular weight is 467 g/mol. The minimum atomic E-state index is -0.528. The third-order valence-corrected chi connectivity index (χ3v) is 6.15. The second-order valence-corrected chi connectivity index (χ2v) is 8.75. The molecule has 0 saturated carbocycles. The maximum Gasteiger partial charge on any atom is 0.294 e. The van der Waals surface area contributed by atoms with Gasteiger partial charge in [-0.25, -0.2) is 0 Å². The van der Waals surface area contributed by atoms with Crippen LogP contribution >= 0.6 is 23.4 Å². The molecule has 6 nitrogen and oxygen atoms in total. The number of carbonyl (C=O) groups excluding carboxylic acids is 3. The monoisotopic (exact) mass is 466 g/mol. The number of halogens is 1. The number of amides is 3. The zero-order valence-electron chi connectivity index (χ0n) is 17.3. The summed E-state index contributed by atoms with van der Waals surface area (Å²) < 4.78 is 5.78. The molecule has 0 aliphatic carbocycles. The van der Waals surface area contributed by atoms with E-state index in [1.807, 2.05) is 38.1 Å². The highest BCUT2D eigenvalue weighted by molar-refractivity contribution is 8.18. The van der Waals surface area contributed by atoms with Crippen molar-refractivity contribution in [2.75, 3.05) is 11.9 Å². The number of furan rings is 1. The molecule has 0 atom stereocenters. The number of nitrogens with zero attached hydrogens (tertiary/aromatic N) is 1. The Morgan fingerprint density at radius 1 is 1.06 bits per heavy atom. The zero-order chi connectivity index (χ0) is 22.8. The molecule has 1 N–H and O–H groups in total. The lowest BCUT2D eigenvalue weighted by molar-refractivity contribution is -0.127. The zero-order valence-corrected chi connectivity index (χ0v) is 18.9. The second kappa shape index (κ2) is 9.06. The van der Waals surface area contributed by atoms with E-state index in [4.69, 9.17) is 16.0 Å². The van der Waals surface area contributed by atoms with Crippen LogP contribution in [0.25, 0.3) is 17.4 Å². The van der Waals surface area contributed by atoms with Crippen molar-refractivity contribution in [1.82, 2.24) is 4.90 Å². The molecule has 1 aliphatic rings. The van der Waals surface area contributed by atoms with E-state index in [0.29, 0.717) is 22.2 Å². The van der Waals surface area contributed by atoms with Gasteiger partial charge in [-0.2, -0.15) is 0 Å². The van der Waals surface area contributed by atoms with Gasteiger partial charge in [0, 0.05) is 22.3 Å². The lowest BCUT2D eigenvalue weighted by Gasteiger charge is -2.13. The summed E-state index contributed by atoms with van der Waals surface area (Å²) >= 11 is 6.69. The quantitative estimate of drug-likeness (QED) is 0.474. The third-order valence-electron chi connectivity index (χ3n) is 4.99. The molecule has 0 radical (unpaired) electrons. The van der Waals surface area contributed by atoms with Gasteiger partial charge in [-0.05, 0) is 85.3 Å². The van der Waals surface area contributed by atoms with Crippen LogP contribution in [0.1, 0.15) is 16.9 Å². The molecular formula is C24H19ClN2O4S. The van der Waals surface area contributed by atoms with Gasteiger partial charge >= 0.3 is 0 Å². The average Bonchev–Trinajstić information content (AvgIpc) is 3.32. The number of aryl methyl sites for hydroxylation is 2. The maximum atomic E-state index is 12.7. The van der Waals surface area contributed by atoms with Gasteiger partial charge in [0.25, 0.3) is 11.1 Å². The van der Waals surface area contributed by atoms with Crippen LogP contribution in [-0.2, 0) is 9.59 Å². The molecule has 1 aromatic heterocycles. The predicted octanol–water partition coefficient (Wildman–Crippen LogP) is 5.89. The van der Waals surface area contributed by atoms with Gasteiger partial charge in [-0.3, -0.25) is 19.3 Å². The molecule has 0 bridgehead atoms. The number of thioether (sulfide) groups is 1. The van der Waals surface area contributed by atoms with E-state index in [-0.39, 0.29) is 11.4 Å². The first-order valence-electron chi connectivity index (χ1n) is 9.78. The van der Waals surface area contributed by atoms with Gasteiger partial charge in [0.15, 0.2) is 0 Å². The minimum absolute atomic E-state index is 0.200. The van der Waals surface area contributed by atoms with Crippen molar-refractivity contribution >= 4 is 52.2 Å². The summed E-state index contributed by atoms with van der Waals surface area (Å²) in [4.78, 5) is 38.6. The lowest BCUT2D eigenvalue weighted by Crippen LogP contribution is -2.36. The minimum Gasteiger partial charge on any atom is -0.457 e. The molecule has 4 rings (SSSR count). The highest BCUT2D eigenvalue weighted by Crippen LogP contribution is 2.33. The second-order valence-electron chi connectivity index (χ2n) is 7.32. The van der Waals surface area contributed by atoms with E-state index in [9.17, 15) is 14.4 Å². The maximum absolute atomic E-state index is 12.7. The van der Waals surface area contributed by atoms with Crippen molar-refractivity contribution in [1.29, 1.82) is 0 Å². The van der Waals surface area contributed by atoms with Gasteiger partial charge in [0.05, 0.1) is 4.91 Å². The van der Waals surface area contributed by atoms with Crippen LogP contribution in [0.3, 0.4) is 0 Å². The first-order chi connectivity index (χ1) is 15.3. The number of nitrogens with one attached hydrogen (secondary N) is 1. The number of hydrogen-bond acceptors (Lipinski definition) is 5. The number of imide groups is 1. The van der Waals surface area contributed by atoms with Gasteiger partial charge in [0.2, 0.25) is 5.91 Å². The molecule has 2 heterocycles. The summed E-state index contributed by atoms with van der Waals surface area (Å²) in [7, 11) is 0. The fourth-order valence-corrected chi connectivity index (χ4v) is 4.07. The summed E-state index contributed by atoms with van der Waals surface area (Å²) in [6.07, 6.45) is 1.51. The number of rotatable bonds is 5. The summed E-state index contributed by atoms with van der Waals surface area (Å²) in [5, 5.41) is 2.85. The van der Waals surface area contributed by atoms with E-state index in [1.54, 1.807) is 30.3 Å². The van der Waals surface area contributed by atoms with E-state index in [0.717, 1.165) is 33.4 Å². The van der Waals surface area contributed by atoms with Crippen LogP contribution in [-0.4, -0.2) is 28.5 Å². The molecule has 1 aliphatic heterocycles. The van der Waals surface area contributed by atoms with E-state index in [1.165, 1.54) is 6.08 Å². The van der Waals surface area contributed by atoms with Crippen LogP contribution in [0, 0.1) is 13.8 Å². The molecule has 1 saturated heterocycles. The van der Waals surface area contributed by atoms with E-state index in [2.05, 4.69) is 5.32 Å². The largest absolute Gasteiger partial charge is 0.457 e. The molecule has 3 aromatic rings.